The highest BCUT2D eigenvalue weighted by atomic mass is 14.9. The summed E-state index contributed by atoms with van der Waals surface area (Å²) in [6.45, 7) is 0. The van der Waals surface area contributed by atoms with Gasteiger partial charge in [-0.25, -0.2) is 4.98 Å². The minimum Gasteiger partial charge on any atom is -0.345 e. The largest absolute Gasteiger partial charge is 0.345 e. The summed E-state index contributed by atoms with van der Waals surface area (Å²) >= 11 is 0. The summed E-state index contributed by atoms with van der Waals surface area (Å²) in [5.41, 5.74) is 3.86. The van der Waals surface area contributed by atoms with Crippen LogP contribution in [0.1, 0.15) is 0 Å². The number of fused-ring (bicyclic) bond motifs is 5. The van der Waals surface area contributed by atoms with E-state index in [9.17, 15) is 0 Å². The third kappa shape index (κ3) is 1.09. The fraction of sp³-hybridized carbons (Fsp3) is 0. The van der Waals surface area contributed by atoms with Crippen LogP contribution in [0.2, 0.25) is 0 Å². The maximum absolute atomic E-state index is 4.40. The molecule has 1 N–H and O–H groups in total. The van der Waals surface area contributed by atoms with Gasteiger partial charge in [-0.2, -0.15) is 0 Å². The molecule has 0 saturated carbocycles. The van der Waals surface area contributed by atoms with E-state index in [1.807, 2.05) is 12.1 Å². The maximum atomic E-state index is 4.40. The van der Waals surface area contributed by atoms with E-state index in [0.717, 1.165) is 32.8 Å². The highest BCUT2D eigenvalue weighted by Crippen LogP contribution is 2.27. The molecule has 4 rings (SSSR count). The van der Waals surface area contributed by atoms with Crippen molar-refractivity contribution in [2.24, 2.45) is 0 Å². The number of imidazole rings is 1. The van der Waals surface area contributed by atoms with Crippen LogP contribution in [0.4, 0.5) is 0 Å². The van der Waals surface area contributed by atoms with Crippen LogP contribution in [0, 0.1) is 0 Å². The Morgan fingerprint density at radius 3 is 2.59 bits per heavy atom. The van der Waals surface area contributed by atoms with Crippen LogP contribution >= 0.6 is 0 Å². The van der Waals surface area contributed by atoms with E-state index in [0.29, 0.717) is 0 Å². The van der Waals surface area contributed by atoms with Gasteiger partial charge in [0.2, 0.25) is 0 Å². The minimum atomic E-state index is 0.912. The third-order valence-electron chi connectivity index (χ3n) is 3.02. The van der Waals surface area contributed by atoms with Gasteiger partial charge in [0.1, 0.15) is 0 Å². The number of benzene rings is 2. The molecule has 2 heterocycles. The quantitative estimate of drug-likeness (QED) is 0.463. The van der Waals surface area contributed by atoms with Gasteiger partial charge in [-0.1, -0.05) is 0 Å². The SMILES string of the molecule is c1cnc2c(ccc3c2ccc2[nH]cnc23)n1. The Bertz CT molecular complexity index is 848. The second kappa shape index (κ2) is 3.01. The van der Waals surface area contributed by atoms with E-state index in [2.05, 4.69) is 32.1 Å². The number of H-pyrrole nitrogens is 1. The molecule has 80 valence electrons. The molecular weight excluding hydrogens is 212 g/mol. The molecule has 0 unspecified atom stereocenters. The molecule has 0 amide bonds. The van der Waals surface area contributed by atoms with Crippen LogP contribution < -0.4 is 0 Å². The van der Waals surface area contributed by atoms with Crippen molar-refractivity contribution >= 4 is 32.8 Å². The van der Waals surface area contributed by atoms with Crippen LogP contribution in [0.5, 0.6) is 0 Å². The molecule has 0 fully saturated rings. The van der Waals surface area contributed by atoms with Gasteiger partial charge < -0.3 is 4.98 Å². The van der Waals surface area contributed by atoms with Crippen LogP contribution in [0.3, 0.4) is 0 Å². The molecular formula is C13H8N4. The summed E-state index contributed by atoms with van der Waals surface area (Å²) in [5, 5.41) is 2.20. The number of aromatic nitrogens is 4. The molecule has 0 saturated heterocycles. The van der Waals surface area contributed by atoms with Gasteiger partial charge in [-0.15, -0.1) is 0 Å². The number of hydrogen-bond acceptors (Lipinski definition) is 3. The van der Waals surface area contributed by atoms with E-state index >= 15 is 0 Å². The number of hydrogen-bond donors (Lipinski definition) is 1. The minimum absolute atomic E-state index is 0.912. The first-order valence-corrected chi connectivity index (χ1v) is 5.39. The van der Waals surface area contributed by atoms with Gasteiger partial charge in [-0.05, 0) is 24.3 Å². The predicted molar refractivity (Wildman–Crippen MR) is 66.7 cm³/mol. The molecule has 0 aliphatic heterocycles. The highest BCUT2D eigenvalue weighted by Gasteiger charge is 2.06. The van der Waals surface area contributed by atoms with Crippen LogP contribution in [0.15, 0.2) is 43.0 Å². The molecule has 0 spiro atoms. The molecule has 4 aromatic rings. The van der Waals surface area contributed by atoms with E-state index in [4.69, 9.17) is 0 Å². The Kier molecular flexibility index (Phi) is 1.53. The van der Waals surface area contributed by atoms with Crippen molar-refractivity contribution in [3.63, 3.8) is 0 Å². The van der Waals surface area contributed by atoms with Crippen LogP contribution in [-0.2, 0) is 0 Å². The van der Waals surface area contributed by atoms with Crippen molar-refractivity contribution in [1.82, 2.24) is 19.9 Å². The van der Waals surface area contributed by atoms with Crippen molar-refractivity contribution in [2.75, 3.05) is 0 Å². The number of nitrogens with zero attached hydrogens (tertiary/aromatic N) is 3. The molecule has 4 heteroatoms. The van der Waals surface area contributed by atoms with Crippen molar-refractivity contribution in [3.05, 3.63) is 43.0 Å². The first-order chi connectivity index (χ1) is 8.43. The lowest BCUT2D eigenvalue weighted by molar-refractivity contribution is 1.30. The van der Waals surface area contributed by atoms with Gasteiger partial charge in [0.05, 0.1) is 28.4 Å². The Hall–Kier alpha value is -2.49. The third-order valence-corrected chi connectivity index (χ3v) is 3.02. The van der Waals surface area contributed by atoms with Gasteiger partial charge in [0.25, 0.3) is 0 Å². The second-order valence-electron chi connectivity index (χ2n) is 3.95. The van der Waals surface area contributed by atoms with Gasteiger partial charge >= 0.3 is 0 Å². The molecule has 4 nitrogen and oxygen atoms in total. The molecule has 0 bridgehead atoms. The van der Waals surface area contributed by atoms with Gasteiger partial charge in [0.15, 0.2) is 0 Å². The van der Waals surface area contributed by atoms with Gasteiger partial charge in [-0.3, -0.25) is 9.97 Å². The fourth-order valence-electron chi connectivity index (χ4n) is 2.25. The summed E-state index contributed by atoms with van der Waals surface area (Å²) < 4.78 is 0. The molecule has 2 aromatic carbocycles. The van der Waals surface area contributed by atoms with Crippen molar-refractivity contribution in [2.45, 2.75) is 0 Å². The molecule has 17 heavy (non-hydrogen) atoms. The number of rotatable bonds is 0. The van der Waals surface area contributed by atoms with Crippen molar-refractivity contribution in [1.29, 1.82) is 0 Å². The second-order valence-corrected chi connectivity index (χ2v) is 3.95. The fourth-order valence-corrected chi connectivity index (χ4v) is 2.25. The van der Waals surface area contributed by atoms with E-state index in [1.54, 1.807) is 18.7 Å². The zero-order valence-electron chi connectivity index (χ0n) is 8.88. The lowest BCUT2D eigenvalue weighted by Gasteiger charge is -2.02. The maximum Gasteiger partial charge on any atom is 0.0965 e. The first-order valence-electron chi connectivity index (χ1n) is 5.39. The smallest absolute Gasteiger partial charge is 0.0965 e. The summed E-state index contributed by atoms with van der Waals surface area (Å²) in [6.07, 6.45) is 5.14. The monoisotopic (exact) mass is 220 g/mol. The molecule has 0 aliphatic carbocycles. The topological polar surface area (TPSA) is 54.5 Å². The van der Waals surface area contributed by atoms with E-state index in [-0.39, 0.29) is 0 Å². The molecule has 2 aromatic heterocycles. The Morgan fingerprint density at radius 2 is 1.59 bits per heavy atom. The Labute approximate surface area is 96.3 Å². The average molecular weight is 220 g/mol. The summed E-state index contributed by atoms with van der Waals surface area (Å²) in [4.78, 5) is 16.2. The first kappa shape index (κ1) is 8.64. The Morgan fingerprint density at radius 1 is 0.765 bits per heavy atom. The van der Waals surface area contributed by atoms with Crippen molar-refractivity contribution < 1.29 is 0 Å². The number of aromatic amines is 1. The highest BCUT2D eigenvalue weighted by molar-refractivity contribution is 6.13. The zero-order chi connectivity index (χ0) is 11.2. The summed E-state index contributed by atoms with van der Waals surface area (Å²) in [7, 11) is 0. The van der Waals surface area contributed by atoms with Crippen molar-refractivity contribution in [3.8, 4) is 0 Å². The molecule has 0 atom stereocenters. The summed E-state index contributed by atoms with van der Waals surface area (Å²) in [6, 6.07) is 8.12. The van der Waals surface area contributed by atoms with E-state index < -0.39 is 0 Å². The van der Waals surface area contributed by atoms with Gasteiger partial charge in [0, 0.05) is 23.2 Å². The van der Waals surface area contributed by atoms with Crippen LogP contribution in [-0.4, -0.2) is 19.9 Å². The lowest BCUT2D eigenvalue weighted by Crippen LogP contribution is -1.85. The summed E-state index contributed by atoms with van der Waals surface area (Å²) in [5.74, 6) is 0. The number of nitrogens with one attached hydrogen (secondary N) is 1. The standard InChI is InChI=1S/C13H8N4/c1-3-10-12(15-6-5-14-10)8-2-4-11-13(9(1)8)17-7-16-11/h1-7H,(H,16,17). The normalized spacial score (nSPS) is 11.5. The molecule has 0 radical (unpaired) electrons. The Balaban J connectivity index is 2.34. The molecule has 0 aliphatic rings. The average Bonchev–Trinajstić information content (AvgIpc) is 2.86. The lowest BCUT2D eigenvalue weighted by atomic mass is 10.1. The van der Waals surface area contributed by atoms with Crippen LogP contribution in [0.25, 0.3) is 32.8 Å². The predicted octanol–water partition coefficient (Wildman–Crippen LogP) is 2.66. The zero-order valence-corrected chi connectivity index (χ0v) is 8.88. The van der Waals surface area contributed by atoms with E-state index in [1.165, 1.54) is 0 Å².